The molecule has 0 aromatic heterocycles. The van der Waals surface area contributed by atoms with Crippen LogP contribution >= 0.6 is 15.9 Å². The van der Waals surface area contributed by atoms with Crippen molar-refractivity contribution in [1.82, 2.24) is 0 Å². The average Bonchev–Trinajstić information content (AvgIpc) is 2.84. The Labute approximate surface area is 198 Å². The highest BCUT2D eigenvalue weighted by Crippen LogP contribution is 2.21. The number of rotatable bonds is 6. The van der Waals surface area contributed by atoms with Crippen LogP contribution in [0.25, 0.3) is 0 Å². The van der Waals surface area contributed by atoms with Crippen LogP contribution in [0.1, 0.15) is 21.5 Å². The van der Waals surface area contributed by atoms with Gasteiger partial charge in [-0.25, -0.2) is 13.2 Å². The van der Waals surface area contributed by atoms with Crippen LogP contribution in [0.5, 0.6) is 17.2 Å². The summed E-state index contributed by atoms with van der Waals surface area (Å²) in [7, 11) is 4.48. The molecule has 0 aliphatic carbocycles. The summed E-state index contributed by atoms with van der Waals surface area (Å²) >= 11 is 3.24. The zero-order valence-corrected chi connectivity index (χ0v) is 19.9. The third-order valence-electron chi connectivity index (χ3n) is 4.12. The average molecular weight is 529 g/mol. The van der Waals surface area contributed by atoms with Crippen molar-refractivity contribution in [3.63, 3.8) is 0 Å². The summed E-state index contributed by atoms with van der Waals surface area (Å²) in [5.74, 6) is 0.571. The number of hydrogen-bond acceptors (Lipinski definition) is 5. The van der Waals surface area contributed by atoms with E-state index in [1.807, 2.05) is 0 Å². The molecule has 0 spiro atoms. The van der Waals surface area contributed by atoms with Gasteiger partial charge in [-0.05, 0) is 54.6 Å². The fourth-order valence-electron chi connectivity index (χ4n) is 2.52. The predicted molar refractivity (Wildman–Crippen MR) is 123 cm³/mol. The minimum absolute atomic E-state index is 0.207. The second kappa shape index (κ2) is 14.9. The number of hydrogen-bond donors (Lipinski definition) is 1. The summed E-state index contributed by atoms with van der Waals surface area (Å²) in [6.07, 6.45) is 0.557. The molecule has 0 amide bonds. The van der Waals surface area contributed by atoms with E-state index in [0.717, 1.165) is 11.6 Å². The van der Waals surface area contributed by atoms with Crippen LogP contribution in [0.3, 0.4) is 0 Å². The minimum atomic E-state index is -0.437. The highest BCUT2D eigenvalue weighted by Gasteiger charge is 2.03. The largest absolute Gasteiger partial charge is 0.496 e. The van der Waals surface area contributed by atoms with Crippen molar-refractivity contribution < 1.29 is 37.3 Å². The highest BCUT2D eigenvalue weighted by molar-refractivity contribution is 9.08. The van der Waals surface area contributed by atoms with E-state index in [9.17, 15) is 18.0 Å². The van der Waals surface area contributed by atoms with Gasteiger partial charge >= 0.3 is 0 Å². The normalized spacial score (nSPS) is 9.58. The van der Waals surface area contributed by atoms with Gasteiger partial charge in [0.05, 0.1) is 33.5 Å². The molecule has 0 radical (unpaired) electrons. The van der Waals surface area contributed by atoms with Gasteiger partial charge in [0, 0.05) is 16.5 Å². The van der Waals surface area contributed by atoms with Crippen molar-refractivity contribution >= 4 is 22.2 Å². The van der Waals surface area contributed by atoms with Crippen LogP contribution in [0.15, 0.2) is 54.6 Å². The molecule has 0 atom stereocenters. The van der Waals surface area contributed by atoms with Gasteiger partial charge in [0.1, 0.15) is 34.7 Å². The Morgan fingerprint density at radius 2 is 1.18 bits per heavy atom. The molecule has 178 valence electrons. The number of halogens is 4. The van der Waals surface area contributed by atoms with E-state index in [0.29, 0.717) is 34.4 Å². The molecule has 1 N–H and O–H groups in total. The van der Waals surface area contributed by atoms with Crippen LogP contribution in [-0.4, -0.2) is 32.7 Å². The summed E-state index contributed by atoms with van der Waals surface area (Å²) in [6.45, 7) is -0.207. The van der Waals surface area contributed by atoms with Crippen molar-refractivity contribution in [2.75, 3.05) is 21.3 Å². The lowest BCUT2D eigenvalue weighted by molar-refractivity contribution is 0.112. The second-order valence-corrected chi connectivity index (χ2v) is 6.77. The summed E-state index contributed by atoms with van der Waals surface area (Å²) in [5, 5.41) is 9.33. The van der Waals surface area contributed by atoms with Crippen LogP contribution in [-0.2, 0) is 11.9 Å². The molecular weight excluding hydrogens is 505 g/mol. The predicted octanol–water partition coefficient (Wildman–Crippen LogP) is 5.70. The monoisotopic (exact) mass is 528 g/mol. The first kappa shape index (κ1) is 28.0. The van der Waals surface area contributed by atoms with Gasteiger partial charge in [0.15, 0.2) is 6.29 Å². The van der Waals surface area contributed by atoms with Crippen LogP contribution in [0.2, 0.25) is 0 Å². The smallest absolute Gasteiger partial charge is 0.153 e. The van der Waals surface area contributed by atoms with Crippen LogP contribution < -0.4 is 14.2 Å². The molecule has 0 bridgehead atoms. The molecule has 3 rings (SSSR count). The quantitative estimate of drug-likeness (QED) is 0.328. The molecule has 5 nitrogen and oxygen atoms in total. The molecule has 0 unspecified atom stereocenters. The zero-order chi connectivity index (χ0) is 24.8. The Morgan fingerprint density at radius 1 is 0.758 bits per heavy atom. The summed E-state index contributed by atoms with van der Waals surface area (Å²) in [4.78, 5) is 10.3. The number of carbonyl (C=O) groups is 1. The van der Waals surface area contributed by atoms with E-state index in [1.165, 1.54) is 56.7 Å². The Morgan fingerprint density at radius 3 is 1.61 bits per heavy atom. The van der Waals surface area contributed by atoms with Crippen molar-refractivity contribution in [2.45, 2.75) is 11.9 Å². The van der Waals surface area contributed by atoms with E-state index in [-0.39, 0.29) is 23.8 Å². The second-order valence-electron chi connectivity index (χ2n) is 6.21. The number of methoxy groups -OCH3 is 3. The molecule has 3 aromatic rings. The van der Waals surface area contributed by atoms with Gasteiger partial charge in [-0.2, -0.15) is 0 Å². The van der Waals surface area contributed by atoms with Crippen LogP contribution in [0, 0.1) is 17.5 Å². The fraction of sp³-hybridized carbons (Fsp3) is 0.208. The molecule has 0 aliphatic rings. The number of aldehydes is 1. The maximum Gasteiger partial charge on any atom is 0.153 e. The lowest BCUT2D eigenvalue weighted by Gasteiger charge is -2.04. The molecule has 0 heterocycles. The first-order valence-corrected chi connectivity index (χ1v) is 10.6. The zero-order valence-electron chi connectivity index (χ0n) is 18.3. The van der Waals surface area contributed by atoms with E-state index in [4.69, 9.17) is 19.3 Å². The first-order valence-electron chi connectivity index (χ1n) is 9.43. The standard InChI is InChI=1S/C8H8BrFO.C8H9FO2.C8H7FO2/c1-11-8-3-2-7(10)4-6(8)5-9;2*1-11-8-3-2-7(9)4-6(8)5-10/h2-4H,5H2,1H3;2-4,10H,5H2,1H3;2-5H,1H3. The first-order chi connectivity index (χ1) is 15.8. The molecule has 3 aromatic carbocycles. The van der Waals surface area contributed by atoms with Gasteiger partial charge in [-0.15, -0.1) is 0 Å². The Bertz CT molecular complexity index is 977. The maximum absolute atomic E-state index is 12.6. The maximum atomic E-state index is 12.6. The van der Waals surface area contributed by atoms with Gasteiger partial charge in [-0.3, -0.25) is 4.79 Å². The molecule has 9 heteroatoms. The number of ether oxygens (including phenoxy) is 3. The van der Waals surface area contributed by atoms with E-state index in [2.05, 4.69) is 15.9 Å². The SMILES string of the molecule is COc1ccc(F)cc1C=O.COc1ccc(F)cc1CBr.COc1ccc(F)cc1CO. The number of aliphatic hydroxyl groups is 1. The molecule has 0 aliphatic heterocycles. The van der Waals surface area contributed by atoms with Crippen molar-refractivity contribution in [2.24, 2.45) is 0 Å². The Hall–Kier alpha value is -3.04. The third kappa shape index (κ3) is 9.15. The van der Waals surface area contributed by atoms with Gasteiger partial charge in [0.25, 0.3) is 0 Å². The molecule has 0 saturated heterocycles. The van der Waals surface area contributed by atoms with Crippen molar-refractivity contribution in [3.8, 4) is 17.2 Å². The lowest BCUT2D eigenvalue weighted by Crippen LogP contribution is -1.92. The Kier molecular flexibility index (Phi) is 12.7. The number of aliphatic hydroxyl groups excluding tert-OH is 1. The molecular formula is C24H24BrF3O5. The van der Waals surface area contributed by atoms with E-state index < -0.39 is 5.82 Å². The van der Waals surface area contributed by atoms with Crippen LogP contribution in [0.4, 0.5) is 13.2 Å². The summed E-state index contributed by atoms with van der Waals surface area (Å²) < 4.78 is 52.2. The lowest BCUT2D eigenvalue weighted by atomic mass is 10.2. The van der Waals surface area contributed by atoms with Gasteiger partial charge < -0.3 is 19.3 Å². The summed E-state index contributed by atoms with van der Waals surface area (Å²) in [6, 6.07) is 12.3. The van der Waals surface area contributed by atoms with E-state index in [1.54, 1.807) is 13.2 Å². The number of carbonyl (C=O) groups excluding carboxylic acids is 1. The third-order valence-corrected chi connectivity index (χ3v) is 4.72. The van der Waals surface area contributed by atoms with Gasteiger partial charge in [0.2, 0.25) is 0 Å². The number of benzene rings is 3. The topological polar surface area (TPSA) is 65.0 Å². The minimum Gasteiger partial charge on any atom is -0.496 e. The van der Waals surface area contributed by atoms with E-state index >= 15 is 0 Å². The van der Waals surface area contributed by atoms with Gasteiger partial charge in [-0.1, -0.05) is 15.9 Å². The molecule has 0 fully saturated rings. The van der Waals surface area contributed by atoms with Crippen molar-refractivity contribution in [1.29, 1.82) is 0 Å². The number of alkyl halides is 1. The fourth-order valence-corrected chi connectivity index (χ4v) is 2.96. The Balaban J connectivity index is 0.000000247. The van der Waals surface area contributed by atoms with Crippen molar-refractivity contribution in [3.05, 3.63) is 88.7 Å². The highest BCUT2D eigenvalue weighted by atomic mass is 79.9. The molecule has 33 heavy (non-hydrogen) atoms. The summed E-state index contributed by atoms with van der Waals surface area (Å²) in [5.41, 5.74) is 1.52. The molecule has 0 saturated carbocycles.